The highest BCUT2D eigenvalue weighted by molar-refractivity contribution is 7.12. The lowest BCUT2D eigenvalue weighted by Gasteiger charge is -2.45. The van der Waals surface area contributed by atoms with E-state index in [9.17, 15) is 4.79 Å². The third-order valence-electron chi connectivity index (χ3n) is 6.30. The first-order valence-corrected chi connectivity index (χ1v) is 11.7. The molecular weight excluding hydrogens is 384 g/mol. The zero-order chi connectivity index (χ0) is 20.1. The molecule has 4 rings (SSSR count). The molecular formula is C22H32N4O2S. The Labute approximate surface area is 177 Å². The van der Waals surface area contributed by atoms with Crippen molar-refractivity contribution in [3.05, 3.63) is 35.6 Å². The Morgan fingerprint density at radius 2 is 2.07 bits per heavy atom. The summed E-state index contributed by atoms with van der Waals surface area (Å²) in [4.78, 5) is 22.5. The van der Waals surface area contributed by atoms with E-state index in [0.717, 1.165) is 17.4 Å². The van der Waals surface area contributed by atoms with Crippen molar-refractivity contribution in [2.75, 3.05) is 39.9 Å². The molecule has 6 nitrogen and oxygen atoms in total. The second-order valence-electron chi connectivity index (χ2n) is 8.22. The van der Waals surface area contributed by atoms with Gasteiger partial charge in [0.05, 0.1) is 18.7 Å². The third-order valence-corrected chi connectivity index (χ3v) is 7.20. The van der Waals surface area contributed by atoms with Crippen LogP contribution in [0.2, 0.25) is 0 Å². The highest BCUT2D eigenvalue weighted by atomic mass is 32.1. The molecule has 4 heterocycles. The summed E-state index contributed by atoms with van der Waals surface area (Å²) < 4.78 is 7.29. The summed E-state index contributed by atoms with van der Waals surface area (Å²) in [5.74, 6) is 0.745. The number of ether oxygens (including phenoxy) is 1. The van der Waals surface area contributed by atoms with Crippen molar-refractivity contribution >= 4 is 17.2 Å². The van der Waals surface area contributed by atoms with Crippen LogP contribution in [0.5, 0.6) is 0 Å². The first kappa shape index (κ1) is 20.6. The second kappa shape index (κ2) is 9.87. The summed E-state index contributed by atoms with van der Waals surface area (Å²) >= 11 is 1.58. The van der Waals surface area contributed by atoms with E-state index in [4.69, 9.17) is 4.74 Å². The molecule has 2 aromatic heterocycles. The van der Waals surface area contributed by atoms with Gasteiger partial charge in [0.1, 0.15) is 0 Å². The number of methoxy groups -OCH3 is 1. The highest BCUT2D eigenvalue weighted by Crippen LogP contribution is 2.31. The Balaban J connectivity index is 1.41. The molecule has 0 unspecified atom stereocenters. The van der Waals surface area contributed by atoms with Crippen LogP contribution in [0.3, 0.4) is 0 Å². The monoisotopic (exact) mass is 416 g/mol. The maximum Gasteiger partial charge on any atom is 0.228 e. The van der Waals surface area contributed by atoms with Crippen LogP contribution in [-0.2, 0) is 16.0 Å². The van der Waals surface area contributed by atoms with Gasteiger partial charge in [0.2, 0.25) is 5.91 Å². The van der Waals surface area contributed by atoms with Crippen LogP contribution in [0.15, 0.2) is 29.9 Å². The fraction of sp³-hybridized carbons (Fsp3) is 0.636. The van der Waals surface area contributed by atoms with Gasteiger partial charge in [-0.15, -0.1) is 11.3 Å². The number of rotatable bonds is 8. The fourth-order valence-corrected chi connectivity index (χ4v) is 5.61. The topological polar surface area (TPSA) is 50.6 Å². The summed E-state index contributed by atoms with van der Waals surface area (Å²) in [5.41, 5.74) is 0.856. The first-order chi connectivity index (χ1) is 14.2. The molecule has 2 atom stereocenters. The van der Waals surface area contributed by atoms with Crippen molar-refractivity contribution in [3.8, 4) is 5.13 Å². The predicted molar refractivity (Wildman–Crippen MR) is 116 cm³/mol. The number of hydrogen-bond acceptors (Lipinski definition) is 5. The van der Waals surface area contributed by atoms with E-state index >= 15 is 0 Å². The van der Waals surface area contributed by atoms with Gasteiger partial charge in [-0.25, -0.2) is 4.98 Å². The van der Waals surface area contributed by atoms with Crippen LogP contribution >= 0.6 is 11.3 Å². The molecule has 2 saturated heterocycles. The standard InChI is InChI=1S/C22H32N4O2S/c1-28-14-13-26(16-18-7-6-12-24-9-3-2-8-20(18)24)21(27)15-19-17-29-22(23-19)25-10-4-5-11-25/h4-5,10-11,17-18,20H,2-3,6-9,12-16H2,1H3/t18-,20+/m0/s1. The van der Waals surface area contributed by atoms with Gasteiger partial charge in [-0.2, -0.15) is 0 Å². The average molecular weight is 417 g/mol. The van der Waals surface area contributed by atoms with Crippen molar-refractivity contribution in [1.29, 1.82) is 0 Å². The first-order valence-electron chi connectivity index (χ1n) is 10.8. The number of amides is 1. The summed E-state index contributed by atoms with van der Waals surface area (Å²) in [5, 5.41) is 2.91. The van der Waals surface area contributed by atoms with Gasteiger partial charge in [0.15, 0.2) is 5.13 Å². The zero-order valence-electron chi connectivity index (χ0n) is 17.3. The highest BCUT2D eigenvalue weighted by Gasteiger charge is 2.34. The molecule has 2 aliphatic rings. The van der Waals surface area contributed by atoms with E-state index in [1.165, 1.54) is 45.2 Å². The number of carbonyl (C=O) groups excluding carboxylic acids is 1. The minimum atomic E-state index is 0.166. The summed E-state index contributed by atoms with van der Waals surface area (Å²) in [6.45, 7) is 4.55. The molecule has 29 heavy (non-hydrogen) atoms. The van der Waals surface area contributed by atoms with E-state index in [-0.39, 0.29) is 5.91 Å². The number of carbonyl (C=O) groups is 1. The normalized spacial score (nSPS) is 22.4. The molecule has 2 aliphatic heterocycles. The Morgan fingerprint density at radius 3 is 2.90 bits per heavy atom. The Bertz CT molecular complexity index is 774. The number of thiazole rings is 1. The van der Waals surface area contributed by atoms with Gasteiger partial charge in [-0.1, -0.05) is 6.42 Å². The maximum atomic E-state index is 13.2. The van der Waals surface area contributed by atoms with E-state index in [0.29, 0.717) is 31.5 Å². The predicted octanol–water partition coefficient (Wildman–Crippen LogP) is 3.22. The van der Waals surface area contributed by atoms with Gasteiger partial charge in [0, 0.05) is 44.0 Å². The van der Waals surface area contributed by atoms with Crippen molar-refractivity contribution in [3.63, 3.8) is 0 Å². The van der Waals surface area contributed by atoms with Crippen LogP contribution in [0.25, 0.3) is 5.13 Å². The minimum Gasteiger partial charge on any atom is -0.383 e. The zero-order valence-corrected chi connectivity index (χ0v) is 18.1. The summed E-state index contributed by atoms with van der Waals surface area (Å²) in [6.07, 6.45) is 10.7. The van der Waals surface area contributed by atoms with Crippen molar-refractivity contribution in [1.82, 2.24) is 19.4 Å². The summed E-state index contributed by atoms with van der Waals surface area (Å²) in [6, 6.07) is 4.62. The molecule has 7 heteroatoms. The Morgan fingerprint density at radius 1 is 1.24 bits per heavy atom. The molecule has 0 aliphatic carbocycles. The second-order valence-corrected chi connectivity index (χ2v) is 9.06. The lowest BCUT2D eigenvalue weighted by Crippen LogP contribution is -2.52. The number of nitrogens with zero attached hydrogens (tertiary/aromatic N) is 4. The fourth-order valence-electron chi connectivity index (χ4n) is 4.82. The van der Waals surface area contributed by atoms with E-state index in [1.54, 1.807) is 18.4 Å². The van der Waals surface area contributed by atoms with Crippen LogP contribution < -0.4 is 0 Å². The molecule has 0 aromatic carbocycles. The molecule has 0 N–H and O–H groups in total. The van der Waals surface area contributed by atoms with Crippen molar-refractivity contribution in [2.45, 2.75) is 44.6 Å². The van der Waals surface area contributed by atoms with Crippen molar-refractivity contribution in [2.24, 2.45) is 5.92 Å². The molecule has 158 valence electrons. The van der Waals surface area contributed by atoms with Crippen LogP contribution in [-0.4, -0.2) is 71.2 Å². The number of fused-ring (bicyclic) bond motifs is 1. The maximum absolute atomic E-state index is 13.2. The van der Waals surface area contributed by atoms with Crippen molar-refractivity contribution < 1.29 is 9.53 Å². The van der Waals surface area contributed by atoms with E-state index in [1.807, 2.05) is 39.4 Å². The van der Waals surface area contributed by atoms with Crippen LogP contribution in [0.4, 0.5) is 0 Å². The minimum absolute atomic E-state index is 0.166. The molecule has 2 fully saturated rings. The number of aromatic nitrogens is 2. The molecule has 0 bridgehead atoms. The SMILES string of the molecule is COCCN(C[C@@H]1CCCN2CCCC[C@H]12)C(=O)Cc1csc(-n2cccc2)n1. The molecule has 0 spiro atoms. The average Bonchev–Trinajstić information content (AvgIpc) is 3.43. The third kappa shape index (κ3) is 5.08. The molecule has 1 amide bonds. The quantitative estimate of drug-likeness (QED) is 0.663. The lowest BCUT2D eigenvalue weighted by atomic mass is 9.83. The van der Waals surface area contributed by atoms with E-state index < -0.39 is 0 Å². The summed E-state index contributed by atoms with van der Waals surface area (Å²) in [7, 11) is 1.70. The molecule has 0 saturated carbocycles. The van der Waals surface area contributed by atoms with Gasteiger partial charge in [-0.3, -0.25) is 4.79 Å². The number of hydrogen-bond donors (Lipinski definition) is 0. The Hall–Kier alpha value is -1.70. The van der Waals surface area contributed by atoms with Gasteiger partial charge < -0.3 is 19.1 Å². The Kier molecular flexibility index (Phi) is 7.00. The smallest absolute Gasteiger partial charge is 0.228 e. The van der Waals surface area contributed by atoms with Gasteiger partial charge in [0.25, 0.3) is 0 Å². The van der Waals surface area contributed by atoms with Gasteiger partial charge >= 0.3 is 0 Å². The molecule has 2 aromatic rings. The lowest BCUT2D eigenvalue weighted by molar-refractivity contribution is -0.132. The molecule has 0 radical (unpaired) electrons. The van der Waals surface area contributed by atoms with Crippen LogP contribution in [0.1, 0.15) is 37.8 Å². The largest absolute Gasteiger partial charge is 0.383 e. The van der Waals surface area contributed by atoms with E-state index in [2.05, 4.69) is 9.88 Å². The number of piperidine rings is 2. The van der Waals surface area contributed by atoms with Crippen LogP contribution in [0, 0.1) is 5.92 Å². The van der Waals surface area contributed by atoms with Gasteiger partial charge in [-0.05, 0) is 56.8 Å².